The second-order valence-corrected chi connectivity index (χ2v) is 6.16. The van der Waals surface area contributed by atoms with E-state index in [9.17, 15) is 9.59 Å². The lowest BCUT2D eigenvalue weighted by Gasteiger charge is -2.13. The number of nitrogens with one attached hydrogen (secondary N) is 1. The third-order valence-electron chi connectivity index (χ3n) is 3.14. The lowest BCUT2D eigenvalue weighted by Crippen LogP contribution is -2.40. The van der Waals surface area contributed by atoms with Crippen molar-refractivity contribution in [3.63, 3.8) is 0 Å². The zero-order valence-electron chi connectivity index (χ0n) is 12.9. The Kier molecular flexibility index (Phi) is 8.74. The van der Waals surface area contributed by atoms with Gasteiger partial charge >= 0.3 is 5.97 Å². The van der Waals surface area contributed by atoms with Crippen LogP contribution in [0.15, 0.2) is 17.5 Å². The van der Waals surface area contributed by atoms with Gasteiger partial charge in [0.25, 0.3) is 0 Å². The molecule has 0 bridgehead atoms. The van der Waals surface area contributed by atoms with Crippen molar-refractivity contribution < 1.29 is 14.3 Å². The normalized spacial score (nSPS) is 11.9. The van der Waals surface area contributed by atoms with Crippen LogP contribution in [0.3, 0.4) is 0 Å². The van der Waals surface area contributed by atoms with Crippen molar-refractivity contribution in [2.24, 2.45) is 0 Å². The Bertz CT molecular complexity index is 417. The lowest BCUT2D eigenvalue weighted by molar-refractivity contribution is -0.147. The molecule has 0 aliphatic carbocycles. The van der Waals surface area contributed by atoms with Gasteiger partial charge in [-0.25, -0.2) is 4.79 Å². The molecule has 1 aromatic heterocycles. The molecule has 0 radical (unpaired) electrons. The van der Waals surface area contributed by atoms with Gasteiger partial charge in [-0.1, -0.05) is 38.7 Å². The first-order valence-electron chi connectivity index (χ1n) is 7.62. The summed E-state index contributed by atoms with van der Waals surface area (Å²) in [5, 5.41) is 4.60. The Hall–Kier alpha value is -1.36. The zero-order valence-corrected chi connectivity index (χ0v) is 13.7. The van der Waals surface area contributed by atoms with Crippen LogP contribution in [0, 0.1) is 0 Å². The van der Waals surface area contributed by atoms with Crippen molar-refractivity contribution in [3.05, 3.63) is 22.4 Å². The molecule has 0 aromatic carbocycles. The van der Waals surface area contributed by atoms with Gasteiger partial charge in [0.2, 0.25) is 5.91 Å². The molecule has 0 fully saturated rings. The van der Waals surface area contributed by atoms with Crippen LogP contribution < -0.4 is 5.32 Å². The number of esters is 1. The first-order valence-corrected chi connectivity index (χ1v) is 8.49. The fourth-order valence-electron chi connectivity index (χ4n) is 1.93. The fraction of sp³-hybridized carbons (Fsp3) is 0.625. The molecule has 1 N–H and O–H groups in total. The Balaban J connectivity index is 2.14. The van der Waals surface area contributed by atoms with Crippen LogP contribution in [0.5, 0.6) is 0 Å². The van der Waals surface area contributed by atoms with Gasteiger partial charge in [0.05, 0.1) is 13.0 Å². The van der Waals surface area contributed by atoms with E-state index in [1.807, 2.05) is 17.5 Å². The van der Waals surface area contributed by atoms with E-state index in [1.54, 1.807) is 6.92 Å². The smallest absolute Gasteiger partial charge is 0.328 e. The maximum Gasteiger partial charge on any atom is 0.328 e. The Morgan fingerprint density at radius 1 is 1.29 bits per heavy atom. The number of rotatable bonds is 10. The molecular formula is C16H25NO3S. The summed E-state index contributed by atoms with van der Waals surface area (Å²) < 4.78 is 5.17. The van der Waals surface area contributed by atoms with Crippen LogP contribution in [0.1, 0.15) is 50.8 Å². The number of unbranched alkanes of at least 4 members (excludes halogenated alkanes) is 4. The number of hydrogen-bond acceptors (Lipinski definition) is 4. The highest BCUT2D eigenvalue weighted by atomic mass is 32.1. The van der Waals surface area contributed by atoms with E-state index < -0.39 is 6.04 Å². The number of thiophene rings is 1. The molecule has 0 aliphatic heterocycles. The van der Waals surface area contributed by atoms with Gasteiger partial charge in [-0.3, -0.25) is 4.79 Å². The third-order valence-corrected chi connectivity index (χ3v) is 4.01. The minimum absolute atomic E-state index is 0.148. The van der Waals surface area contributed by atoms with Gasteiger partial charge in [-0.05, 0) is 24.8 Å². The standard InChI is InChI=1S/C16H25NO3S/c1-3-4-5-6-7-10-20-16(19)13(2)17-15(18)12-14-9-8-11-21-14/h8-9,11,13H,3-7,10,12H2,1-2H3,(H,17,18). The minimum atomic E-state index is -0.590. The van der Waals surface area contributed by atoms with E-state index in [0.717, 1.165) is 17.7 Å². The van der Waals surface area contributed by atoms with Crippen molar-refractivity contribution >= 4 is 23.2 Å². The molecule has 4 nitrogen and oxygen atoms in total. The van der Waals surface area contributed by atoms with E-state index in [1.165, 1.54) is 30.6 Å². The summed E-state index contributed by atoms with van der Waals surface area (Å²) in [6.45, 7) is 4.26. The maximum absolute atomic E-state index is 11.8. The first kappa shape index (κ1) is 17.7. The fourth-order valence-corrected chi connectivity index (χ4v) is 2.63. The molecule has 0 spiro atoms. The Morgan fingerprint density at radius 2 is 2.05 bits per heavy atom. The topological polar surface area (TPSA) is 55.4 Å². The van der Waals surface area contributed by atoms with E-state index in [0.29, 0.717) is 13.0 Å². The van der Waals surface area contributed by atoms with Gasteiger partial charge in [-0.15, -0.1) is 11.3 Å². The van der Waals surface area contributed by atoms with Crippen LogP contribution in [-0.4, -0.2) is 24.5 Å². The third kappa shape index (κ3) is 7.85. The molecule has 1 unspecified atom stereocenters. The zero-order chi connectivity index (χ0) is 15.5. The lowest BCUT2D eigenvalue weighted by atomic mass is 10.2. The molecule has 1 atom stereocenters. The minimum Gasteiger partial charge on any atom is -0.464 e. The number of ether oxygens (including phenoxy) is 1. The predicted octanol–water partition coefficient (Wildman–Crippen LogP) is 3.31. The average Bonchev–Trinajstić information content (AvgIpc) is 2.95. The summed E-state index contributed by atoms with van der Waals surface area (Å²) in [7, 11) is 0. The molecule has 0 saturated heterocycles. The molecule has 0 saturated carbocycles. The summed E-state index contributed by atoms with van der Waals surface area (Å²) in [5.41, 5.74) is 0. The van der Waals surface area contributed by atoms with Crippen molar-refractivity contribution in [2.45, 2.75) is 58.4 Å². The van der Waals surface area contributed by atoms with Crippen LogP contribution in [0.25, 0.3) is 0 Å². The average molecular weight is 311 g/mol. The second-order valence-electron chi connectivity index (χ2n) is 5.13. The SMILES string of the molecule is CCCCCCCOC(=O)C(C)NC(=O)Cc1cccs1. The predicted molar refractivity (Wildman–Crippen MR) is 85.3 cm³/mol. The molecule has 0 aliphatic rings. The van der Waals surface area contributed by atoms with Crippen molar-refractivity contribution in [3.8, 4) is 0 Å². The summed E-state index contributed by atoms with van der Waals surface area (Å²) >= 11 is 1.53. The van der Waals surface area contributed by atoms with Gasteiger partial charge in [0, 0.05) is 4.88 Å². The molecule has 1 heterocycles. The molecule has 1 aromatic rings. The van der Waals surface area contributed by atoms with Crippen molar-refractivity contribution in [2.75, 3.05) is 6.61 Å². The largest absolute Gasteiger partial charge is 0.464 e. The maximum atomic E-state index is 11.8. The molecule has 5 heteroatoms. The first-order chi connectivity index (χ1) is 10.1. The van der Waals surface area contributed by atoms with Gasteiger partial charge in [0.15, 0.2) is 0 Å². The van der Waals surface area contributed by atoms with E-state index in [4.69, 9.17) is 4.74 Å². The van der Waals surface area contributed by atoms with Gasteiger partial charge < -0.3 is 10.1 Å². The van der Waals surface area contributed by atoms with Gasteiger partial charge in [-0.2, -0.15) is 0 Å². The highest BCUT2D eigenvalue weighted by Gasteiger charge is 2.17. The quantitative estimate of drug-likeness (QED) is 0.533. The molecular weight excluding hydrogens is 286 g/mol. The number of amides is 1. The second kappa shape index (κ2) is 10.4. The van der Waals surface area contributed by atoms with Crippen LogP contribution in [0.2, 0.25) is 0 Å². The van der Waals surface area contributed by atoms with E-state index in [-0.39, 0.29) is 11.9 Å². The van der Waals surface area contributed by atoms with Crippen molar-refractivity contribution in [1.29, 1.82) is 0 Å². The van der Waals surface area contributed by atoms with Gasteiger partial charge in [0.1, 0.15) is 6.04 Å². The summed E-state index contributed by atoms with van der Waals surface area (Å²) in [5.74, 6) is -0.505. The molecule has 118 valence electrons. The van der Waals surface area contributed by atoms with Crippen LogP contribution >= 0.6 is 11.3 Å². The van der Waals surface area contributed by atoms with E-state index in [2.05, 4.69) is 12.2 Å². The number of hydrogen-bond donors (Lipinski definition) is 1. The Labute approximate surface area is 130 Å². The summed E-state index contributed by atoms with van der Waals surface area (Å²) in [6, 6.07) is 3.22. The number of carbonyl (C=O) groups is 2. The molecule has 1 rings (SSSR count). The Morgan fingerprint density at radius 3 is 2.71 bits per heavy atom. The monoisotopic (exact) mass is 311 g/mol. The van der Waals surface area contributed by atoms with Crippen molar-refractivity contribution in [1.82, 2.24) is 5.32 Å². The summed E-state index contributed by atoms with van der Waals surface area (Å²) in [6.07, 6.45) is 5.89. The van der Waals surface area contributed by atoms with Crippen LogP contribution in [-0.2, 0) is 20.7 Å². The molecule has 21 heavy (non-hydrogen) atoms. The molecule has 1 amide bonds. The number of carbonyl (C=O) groups excluding carboxylic acids is 2. The summed E-state index contributed by atoms with van der Waals surface area (Å²) in [4.78, 5) is 24.5. The van der Waals surface area contributed by atoms with E-state index >= 15 is 0 Å². The highest BCUT2D eigenvalue weighted by Crippen LogP contribution is 2.09. The van der Waals surface area contributed by atoms with Crippen LogP contribution in [0.4, 0.5) is 0 Å². The highest BCUT2D eigenvalue weighted by molar-refractivity contribution is 7.10.